The highest BCUT2D eigenvalue weighted by atomic mass is 32.2. The molecule has 1 aromatic rings. The highest BCUT2D eigenvalue weighted by molar-refractivity contribution is 7.89. The number of hydrogen-bond acceptors (Lipinski definition) is 4. The summed E-state index contributed by atoms with van der Waals surface area (Å²) in [5.41, 5.74) is 0.989. The van der Waals surface area contributed by atoms with Crippen molar-refractivity contribution < 1.29 is 17.9 Å². The normalized spacial score (nSPS) is 19.6. The number of benzene rings is 1. The number of allylic oxidation sites excluding steroid dienone is 1. The second-order valence-corrected chi connectivity index (χ2v) is 7.18. The van der Waals surface area contributed by atoms with Gasteiger partial charge in [0.15, 0.2) is 0 Å². The molecule has 2 rings (SSSR count). The molecule has 6 heteroatoms. The Morgan fingerprint density at radius 3 is 2.68 bits per heavy atom. The first-order valence-corrected chi connectivity index (χ1v) is 8.77. The van der Waals surface area contributed by atoms with Gasteiger partial charge >= 0.3 is 5.97 Å². The van der Waals surface area contributed by atoms with E-state index in [4.69, 9.17) is 4.74 Å². The molecule has 1 aliphatic rings. The van der Waals surface area contributed by atoms with Gasteiger partial charge in [-0.25, -0.2) is 8.42 Å². The van der Waals surface area contributed by atoms with Gasteiger partial charge in [0.2, 0.25) is 10.0 Å². The van der Waals surface area contributed by atoms with Crippen LogP contribution in [0.1, 0.15) is 25.3 Å². The van der Waals surface area contributed by atoms with Crippen molar-refractivity contribution in [2.45, 2.75) is 37.6 Å². The van der Waals surface area contributed by atoms with E-state index in [0.717, 1.165) is 5.56 Å². The van der Waals surface area contributed by atoms with Gasteiger partial charge in [0.05, 0.1) is 4.90 Å². The fraction of sp³-hybridized carbons (Fsp3) is 0.438. The number of hydrogen-bond donors (Lipinski definition) is 0. The number of rotatable bonds is 5. The Balaban J connectivity index is 2.18. The summed E-state index contributed by atoms with van der Waals surface area (Å²) >= 11 is 0. The van der Waals surface area contributed by atoms with Crippen molar-refractivity contribution in [1.29, 1.82) is 0 Å². The van der Waals surface area contributed by atoms with Gasteiger partial charge in [-0.3, -0.25) is 4.79 Å². The molecule has 1 aromatic carbocycles. The van der Waals surface area contributed by atoms with Crippen molar-refractivity contribution in [3.8, 4) is 0 Å². The van der Waals surface area contributed by atoms with Crippen LogP contribution in [0.2, 0.25) is 0 Å². The Morgan fingerprint density at radius 2 is 2.05 bits per heavy atom. The van der Waals surface area contributed by atoms with Crippen molar-refractivity contribution in [2.75, 3.05) is 13.2 Å². The van der Waals surface area contributed by atoms with Crippen LogP contribution in [0.5, 0.6) is 0 Å². The second-order valence-electron chi connectivity index (χ2n) is 5.29. The average molecular weight is 323 g/mol. The van der Waals surface area contributed by atoms with E-state index in [1.54, 1.807) is 36.4 Å². The van der Waals surface area contributed by atoms with E-state index in [1.165, 1.54) is 4.31 Å². The zero-order valence-electron chi connectivity index (χ0n) is 12.9. The zero-order valence-corrected chi connectivity index (χ0v) is 13.7. The van der Waals surface area contributed by atoms with Crippen molar-refractivity contribution in [3.05, 3.63) is 42.0 Å². The maximum Gasteiger partial charge on any atom is 0.324 e. The Bertz CT molecular complexity index is 649. The molecule has 5 nitrogen and oxygen atoms in total. The van der Waals surface area contributed by atoms with E-state index in [2.05, 4.69) is 0 Å². The van der Waals surface area contributed by atoms with Crippen LogP contribution in [-0.4, -0.2) is 37.9 Å². The lowest BCUT2D eigenvalue weighted by atomic mass is 10.2. The predicted molar refractivity (Wildman–Crippen MR) is 83.9 cm³/mol. The molecule has 0 amide bonds. The number of aryl methyl sites for hydroxylation is 1. The Kier molecular flexibility index (Phi) is 5.37. The standard InChI is InChI=1S/C16H21NO4S/c1-3-4-12-21-16(18)15-6-5-11-17(15)22(19,20)14-9-7-13(2)8-10-14/h3-4,7-10,15H,5-6,11-12H2,1-2H3/b4-3+/t15-/m0/s1. The lowest BCUT2D eigenvalue weighted by Gasteiger charge is -2.22. The minimum Gasteiger partial charge on any atom is -0.460 e. The largest absolute Gasteiger partial charge is 0.460 e. The Morgan fingerprint density at radius 1 is 1.36 bits per heavy atom. The van der Waals surface area contributed by atoms with Crippen LogP contribution in [0.15, 0.2) is 41.3 Å². The third-order valence-electron chi connectivity index (χ3n) is 3.66. The molecule has 120 valence electrons. The molecule has 1 saturated heterocycles. The molecule has 22 heavy (non-hydrogen) atoms. The number of carbonyl (C=O) groups is 1. The maximum atomic E-state index is 12.7. The smallest absolute Gasteiger partial charge is 0.324 e. The molecule has 1 aliphatic heterocycles. The van der Waals surface area contributed by atoms with E-state index in [1.807, 2.05) is 13.8 Å². The molecule has 0 aromatic heterocycles. The summed E-state index contributed by atoms with van der Waals surface area (Å²) in [6.45, 7) is 4.25. The summed E-state index contributed by atoms with van der Waals surface area (Å²) in [7, 11) is -3.67. The second kappa shape index (κ2) is 7.07. The average Bonchev–Trinajstić information content (AvgIpc) is 2.98. The summed E-state index contributed by atoms with van der Waals surface area (Å²) in [5.74, 6) is -0.480. The molecule has 0 saturated carbocycles. The monoisotopic (exact) mass is 323 g/mol. The van der Waals surface area contributed by atoms with Crippen molar-refractivity contribution >= 4 is 16.0 Å². The van der Waals surface area contributed by atoms with E-state index in [-0.39, 0.29) is 11.5 Å². The van der Waals surface area contributed by atoms with Gasteiger partial charge in [-0.05, 0) is 38.8 Å². The molecule has 0 radical (unpaired) electrons. The van der Waals surface area contributed by atoms with Crippen LogP contribution in [0, 0.1) is 6.92 Å². The molecular formula is C16H21NO4S. The molecular weight excluding hydrogens is 302 g/mol. The van der Waals surface area contributed by atoms with Gasteiger partial charge in [-0.15, -0.1) is 0 Å². The fourth-order valence-electron chi connectivity index (χ4n) is 2.43. The summed E-state index contributed by atoms with van der Waals surface area (Å²) in [4.78, 5) is 12.3. The topological polar surface area (TPSA) is 63.7 Å². The Labute approximate surface area is 131 Å². The molecule has 0 bridgehead atoms. The van der Waals surface area contributed by atoms with E-state index in [0.29, 0.717) is 19.4 Å². The van der Waals surface area contributed by atoms with Gasteiger partial charge in [-0.1, -0.05) is 29.8 Å². The molecule has 0 spiro atoms. The maximum absolute atomic E-state index is 12.7. The number of esters is 1. The van der Waals surface area contributed by atoms with Gasteiger partial charge < -0.3 is 4.74 Å². The summed E-state index contributed by atoms with van der Waals surface area (Å²) in [5, 5.41) is 0. The summed E-state index contributed by atoms with van der Waals surface area (Å²) in [6.07, 6.45) is 4.66. The SMILES string of the molecule is C/C=C/COC(=O)[C@@H]1CCCN1S(=O)(=O)c1ccc(C)cc1. The lowest BCUT2D eigenvalue weighted by Crippen LogP contribution is -2.41. The van der Waals surface area contributed by atoms with Crippen molar-refractivity contribution in [1.82, 2.24) is 4.31 Å². The first-order chi connectivity index (χ1) is 10.5. The molecule has 0 unspecified atom stereocenters. The number of carbonyl (C=O) groups excluding carboxylic acids is 1. The van der Waals surface area contributed by atoms with Gasteiger partial charge in [0.25, 0.3) is 0 Å². The summed E-state index contributed by atoms with van der Waals surface area (Å²) < 4.78 is 31.8. The van der Waals surface area contributed by atoms with Crippen LogP contribution >= 0.6 is 0 Å². The first kappa shape index (κ1) is 16.7. The van der Waals surface area contributed by atoms with Crippen LogP contribution in [0.3, 0.4) is 0 Å². The van der Waals surface area contributed by atoms with Crippen LogP contribution < -0.4 is 0 Å². The highest BCUT2D eigenvalue weighted by Gasteiger charge is 2.40. The van der Waals surface area contributed by atoms with Crippen molar-refractivity contribution in [3.63, 3.8) is 0 Å². The molecule has 1 fully saturated rings. The number of ether oxygens (including phenoxy) is 1. The van der Waals surface area contributed by atoms with Gasteiger partial charge in [-0.2, -0.15) is 4.31 Å². The van der Waals surface area contributed by atoms with Crippen LogP contribution in [0.4, 0.5) is 0 Å². The highest BCUT2D eigenvalue weighted by Crippen LogP contribution is 2.27. The van der Waals surface area contributed by atoms with E-state index < -0.39 is 22.0 Å². The third kappa shape index (κ3) is 3.56. The van der Waals surface area contributed by atoms with Gasteiger partial charge in [0, 0.05) is 6.54 Å². The number of sulfonamides is 1. The first-order valence-electron chi connectivity index (χ1n) is 7.33. The molecule has 1 heterocycles. The van der Waals surface area contributed by atoms with E-state index in [9.17, 15) is 13.2 Å². The predicted octanol–water partition coefficient (Wildman–Crippen LogP) is 2.27. The minimum absolute atomic E-state index is 0.171. The molecule has 0 N–H and O–H groups in total. The fourth-order valence-corrected chi connectivity index (χ4v) is 4.08. The quantitative estimate of drug-likeness (QED) is 0.616. The Hall–Kier alpha value is -1.66. The number of nitrogens with zero attached hydrogens (tertiary/aromatic N) is 1. The third-order valence-corrected chi connectivity index (χ3v) is 5.58. The van der Waals surface area contributed by atoms with Crippen molar-refractivity contribution in [2.24, 2.45) is 0 Å². The lowest BCUT2D eigenvalue weighted by molar-refractivity contribution is -0.146. The van der Waals surface area contributed by atoms with E-state index >= 15 is 0 Å². The van der Waals surface area contributed by atoms with Gasteiger partial charge in [0.1, 0.15) is 12.6 Å². The van der Waals surface area contributed by atoms with Crippen LogP contribution in [-0.2, 0) is 19.6 Å². The molecule has 1 atom stereocenters. The molecule has 0 aliphatic carbocycles. The zero-order chi connectivity index (χ0) is 16.2. The minimum atomic E-state index is -3.67. The summed E-state index contributed by atoms with van der Waals surface area (Å²) in [6, 6.07) is 5.93. The van der Waals surface area contributed by atoms with Crippen LogP contribution in [0.25, 0.3) is 0 Å².